The minimum Gasteiger partial charge on any atom is -0.326 e. The second-order valence-corrected chi connectivity index (χ2v) is 6.77. The van der Waals surface area contributed by atoms with E-state index in [1.54, 1.807) is 18.3 Å². The quantitative estimate of drug-likeness (QED) is 0.659. The number of carbonyl (C=O) groups excluding carboxylic acids is 2. The Morgan fingerprint density at radius 1 is 1.00 bits per heavy atom. The molecule has 4 rings (SSSR count). The fourth-order valence-electron chi connectivity index (χ4n) is 3.17. The number of fused-ring (bicyclic) bond motifs is 1. The molecule has 29 heavy (non-hydrogen) atoms. The zero-order valence-electron chi connectivity index (χ0n) is 15.7. The summed E-state index contributed by atoms with van der Waals surface area (Å²) in [6, 6.07) is 18.3. The minimum atomic E-state index is -0.196. The molecule has 1 aliphatic rings. The number of nitrogens with one attached hydrogen (secondary N) is 2. The second kappa shape index (κ2) is 8.41. The van der Waals surface area contributed by atoms with Crippen molar-refractivity contribution in [3.63, 3.8) is 0 Å². The van der Waals surface area contributed by atoms with Gasteiger partial charge in [-0.2, -0.15) is 0 Å². The lowest BCUT2D eigenvalue weighted by atomic mass is 10.0. The number of rotatable bonds is 2. The molecule has 0 fully saturated rings. The van der Waals surface area contributed by atoms with Gasteiger partial charge < -0.3 is 10.6 Å². The third-order valence-electron chi connectivity index (χ3n) is 4.61. The maximum atomic E-state index is 12.7. The molecule has 0 bridgehead atoms. The number of amides is 2. The predicted molar refractivity (Wildman–Crippen MR) is 113 cm³/mol. The van der Waals surface area contributed by atoms with Crippen LogP contribution in [0.25, 0.3) is 0 Å². The molecule has 2 amide bonds. The number of pyridine rings is 1. The Hall–Kier alpha value is -3.91. The van der Waals surface area contributed by atoms with Gasteiger partial charge >= 0.3 is 0 Å². The van der Waals surface area contributed by atoms with Crippen LogP contribution in [0.1, 0.15) is 40.0 Å². The Balaban J connectivity index is 1.50. The van der Waals surface area contributed by atoms with E-state index in [1.807, 2.05) is 48.5 Å². The summed E-state index contributed by atoms with van der Waals surface area (Å²) in [5, 5.41) is 5.80. The zero-order valence-corrected chi connectivity index (χ0v) is 15.7. The summed E-state index contributed by atoms with van der Waals surface area (Å²) < 4.78 is 0. The molecule has 1 aliphatic heterocycles. The monoisotopic (exact) mass is 381 g/mol. The molecule has 0 spiro atoms. The second-order valence-electron chi connectivity index (χ2n) is 6.77. The van der Waals surface area contributed by atoms with E-state index in [2.05, 4.69) is 27.5 Å². The fraction of sp³-hybridized carbons (Fsp3) is 0.125. The Bertz CT molecular complexity index is 1130. The molecule has 5 heteroatoms. The third-order valence-corrected chi connectivity index (χ3v) is 4.61. The molecule has 2 heterocycles. The summed E-state index contributed by atoms with van der Waals surface area (Å²) in [6.07, 6.45) is 3.75. The van der Waals surface area contributed by atoms with Crippen LogP contribution < -0.4 is 10.6 Å². The highest BCUT2D eigenvalue weighted by atomic mass is 16.2. The maximum Gasteiger partial charge on any atom is 0.255 e. The Kier molecular flexibility index (Phi) is 5.35. The smallest absolute Gasteiger partial charge is 0.255 e. The van der Waals surface area contributed by atoms with Gasteiger partial charge in [-0.25, -0.2) is 4.98 Å². The number of aromatic nitrogens is 1. The van der Waals surface area contributed by atoms with E-state index in [0.717, 1.165) is 29.7 Å². The first-order chi connectivity index (χ1) is 14.2. The lowest BCUT2D eigenvalue weighted by Crippen LogP contribution is -2.13. The van der Waals surface area contributed by atoms with Crippen LogP contribution in [0.3, 0.4) is 0 Å². The lowest BCUT2D eigenvalue weighted by Gasteiger charge is -2.10. The van der Waals surface area contributed by atoms with Gasteiger partial charge in [-0.15, -0.1) is 0 Å². The Morgan fingerprint density at radius 2 is 1.93 bits per heavy atom. The van der Waals surface area contributed by atoms with Crippen molar-refractivity contribution in [1.82, 2.24) is 4.98 Å². The lowest BCUT2D eigenvalue weighted by molar-refractivity contribution is -0.116. The van der Waals surface area contributed by atoms with Gasteiger partial charge in [-0.05, 0) is 72.9 Å². The zero-order chi connectivity index (χ0) is 20.1. The summed E-state index contributed by atoms with van der Waals surface area (Å²) in [5.41, 5.74) is 4.49. The molecule has 0 unspecified atom stereocenters. The van der Waals surface area contributed by atoms with Crippen molar-refractivity contribution in [2.24, 2.45) is 0 Å². The highest BCUT2D eigenvalue weighted by molar-refractivity contribution is 6.05. The first-order valence-corrected chi connectivity index (χ1v) is 9.45. The van der Waals surface area contributed by atoms with Crippen LogP contribution in [-0.4, -0.2) is 16.8 Å². The van der Waals surface area contributed by atoms with Crippen LogP contribution in [0, 0.1) is 11.8 Å². The predicted octanol–water partition coefficient (Wildman–Crippen LogP) is 4.01. The average Bonchev–Trinajstić information content (AvgIpc) is 2.93. The van der Waals surface area contributed by atoms with Crippen LogP contribution in [0.4, 0.5) is 11.4 Å². The number of hydrogen-bond donors (Lipinski definition) is 2. The standard InChI is InChI=1S/C24H19N3O2/c28-23-9-4-6-18-16-19(11-13-22(18)27-23)24(29)26-21-8-3-5-17(15-21)10-12-20-7-1-2-14-25-20/h1-3,5,7-8,11,13-16H,4,6,9H2,(H,26,29)(H,27,28). The van der Waals surface area contributed by atoms with Gasteiger partial charge in [0.15, 0.2) is 0 Å². The van der Waals surface area contributed by atoms with Gasteiger partial charge in [-0.1, -0.05) is 18.1 Å². The number of aryl methyl sites for hydroxylation is 1. The van der Waals surface area contributed by atoms with Crippen molar-refractivity contribution in [3.8, 4) is 11.8 Å². The van der Waals surface area contributed by atoms with E-state index in [0.29, 0.717) is 23.4 Å². The van der Waals surface area contributed by atoms with Crippen molar-refractivity contribution in [3.05, 3.63) is 89.2 Å². The Morgan fingerprint density at radius 3 is 2.79 bits per heavy atom. The van der Waals surface area contributed by atoms with Gasteiger partial charge in [0.05, 0.1) is 0 Å². The normalized spacial score (nSPS) is 12.6. The fourth-order valence-corrected chi connectivity index (χ4v) is 3.17. The molecule has 0 saturated heterocycles. The van der Waals surface area contributed by atoms with Gasteiger partial charge in [0, 0.05) is 35.1 Å². The molecule has 0 atom stereocenters. The number of hydrogen-bond acceptors (Lipinski definition) is 3. The summed E-state index contributed by atoms with van der Waals surface area (Å²) in [4.78, 5) is 28.6. The van der Waals surface area contributed by atoms with E-state index in [4.69, 9.17) is 0 Å². The van der Waals surface area contributed by atoms with Crippen molar-refractivity contribution in [2.45, 2.75) is 19.3 Å². The highest BCUT2D eigenvalue weighted by Crippen LogP contribution is 2.24. The van der Waals surface area contributed by atoms with Gasteiger partial charge in [0.2, 0.25) is 5.91 Å². The molecular weight excluding hydrogens is 362 g/mol. The molecule has 3 aromatic rings. The third kappa shape index (κ3) is 4.69. The van der Waals surface area contributed by atoms with Crippen LogP contribution in [0.2, 0.25) is 0 Å². The van der Waals surface area contributed by atoms with Crippen molar-refractivity contribution in [1.29, 1.82) is 0 Å². The minimum absolute atomic E-state index is 0.0181. The van der Waals surface area contributed by atoms with E-state index in [-0.39, 0.29) is 11.8 Å². The van der Waals surface area contributed by atoms with Crippen LogP contribution in [0.15, 0.2) is 66.9 Å². The van der Waals surface area contributed by atoms with Gasteiger partial charge in [0.25, 0.3) is 5.91 Å². The van der Waals surface area contributed by atoms with E-state index in [9.17, 15) is 9.59 Å². The summed E-state index contributed by atoms with van der Waals surface area (Å²) in [6.45, 7) is 0. The number of nitrogens with zero attached hydrogens (tertiary/aromatic N) is 1. The molecule has 0 radical (unpaired) electrons. The summed E-state index contributed by atoms with van der Waals surface area (Å²) in [5.74, 6) is 5.89. The number of anilines is 2. The van der Waals surface area contributed by atoms with E-state index < -0.39 is 0 Å². The molecule has 5 nitrogen and oxygen atoms in total. The molecule has 2 N–H and O–H groups in total. The summed E-state index contributed by atoms with van der Waals surface area (Å²) in [7, 11) is 0. The number of benzene rings is 2. The van der Waals surface area contributed by atoms with Crippen molar-refractivity contribution < 1.29 is 9.59 Å². The largest absolute Gasteiger partial charge is 0.326 e. The van der Waals surface area contributed by atoms with Crippen LogP contribution in [-0.2, 0) is 11.2 Å². The molecule has 1 aromatic heterocycles. The SMILES string of the molecule is O=C1CCCc2cc(C(=O)Nc3cccc(C#Cc4ccccn4)c3)ccc2N1. The van der Waals surface area contributed by atoms with Crippen LogP contribution >= 0.6 is 0 Å². The number of carbonyl (C=O) groups is 2. The van der Waals surface area contributed by atoms with E-state index >= 15 is 0 Å². The van der Waals surface area contributed by atoms with Crippen molar-refractivity contribution in [2.75, 3.05) is 10.6 Å². The van der Waals surface area contributed by atoms with Crippen LogP contribution in [0.5, 0.6) is 0 Å². The van der Waals surface area contributed by atoms with E-state index in [1.165, 1.54) is 0 Å². The first-order valence-electron chi connectivity index (χ1n) is 9.45. The molecule has 0 aliphatic carbocycles. The Labute approximate surface area is 169 Å². The maximum absolute atomic E-state index is 12.7. The molecule has 0 saturated carbocycles. The van der Waals surface area contributed by atoms with Crippen molar-refractivity contribution >= 4 is 23.2 Å². The average molecular weight is 381 g/mol. The molecular formula is C24H19N3O2. The first kappa shape index (κ1) is 18.5. The molecule has 142 valence electrons. The van der Waals surface area contributed by atoms with Gasteiger partial charge in [-0.3, -0.25) is 9.59 Å². The summed E-state index contributed by atoms with van der Waals surface area (Å²) >= 11 is 0. The highest BCUT2D eigenvalue weighted by Gasteiger charge is 2.15. The topological polar surface area (TPSA) is 71.1 Å². The molecule has 2 aromatic carbocycles. The van der Waals surface area contributed by atoms with Gasteiger partial charge in [0.1, 0.15) is 5.69 Å².